The summed E-state index contributed by atoms with van der Waals surface area (Å²) in [6.07, 6.45) is -2.80. The van der Waals surface area contributed by atoms with Gasteiger partial charge in [0.25, 0.3) is 0 Å². The van der Waals surface area contributed by atoms with Gasteiger partial charge >= 0.3 is 6.36 Å². The van der Waals surface area contributed by atoms with Crippen LogP contribution in [0, 0.1) is 5.92 Å². The third-order valence-electron chi connectivity index (χ3n) is 3.99. The van der Waals surface area contributed by atoms with Crippen LogP contribution in [-0.2, 0) is 6.54 Å². The number of likely N-dealkylation sites (tertiary alicyclic amines) is 1. The number of piperidine rings is 1. The summed E-state index contributed by atoms with van der Waals surface area (Å²) < 4.78 is 41.3. The quantitative estimate of drug-likeness (QED) is 0.928. The number of hydrogen-bond donors (Lipinski definition) is 1. The number of ether oxygens (including phenoxy) is 1. The first kappa shape index (κ1) is 16.1. The molecule has 1 aliphatic rings. The van der Waals surface area contributed by atoms with Gasteiger partial charge in [0.05, 0.1) is 0 Å². The number of rotatable bonds is 4. The van der Waals surface area contributed by atoms with Crippen LogP contribution < -0.4 is 10.5 Å². The molecule has 2 N–H and O–H groups in total. The Morgan fingerprint density at radius 1 is 1.33 bits per heavy atom. The molecule has 1 fully saturated rings. The molecule has 2 atom stereocenters. The van der Waals surface area contributed by atoms with Gasteiger partial charge in [-0.1, -0.05) is 31.5 Å². The summed E-state index contributed by atoms with van der Waals surface area (Å²) in [6.45, 7) is 4.17. The first-order valence-electron chi connectivity index (χ1n) is 7.20. The topological polar surface area (TPSA) is 38.5 Å². The van der Waals surface area contributed by atoms with Gasteiger partial charge in [0, 0.05) is 24.7 Å². The highest BCUT2D eigenvalue weighted by Gasteiger charge is 2.32. The van der Waals surface area contributed by atoms with E-state index in [2.05, 4.69) is 16.6 Å². The van der Waals surface area contributed by atoms with Crippen molar-refractivity contribution in [1.29, 1.82) is 0 Å². The Kier molecular flexibility index (Phi) is 5.11. The van der Waals surface area contributed by atoms with Crippen LogP contribution in [0.4, 0.5) is 13.2 Å². The summed E-state index contributed by atoms with van der Waals surface area (Å²) in [6, 6.07) is 6.50. The zero-order chi connectivity index (χ0) is 15.5. The van der Waals surface area contributed by atoms with Crippen molar-refractivity contribution in [3.8, 4) is 5.75 Å². The molecule has 0 aliphatic carbocycles. The van der Waals surface area contributed by atoms with Gasteiger partial charge in [-0.25, -0.2) is 0 Å². The number of hydrogen-bond acceptors (Lipinski definition) is 3. The molecular formula is C15H21F3N2O. The fourth-order valence-corrected chi connectivity index (χ4v) is 2.80. The molecule has 0 spiro atoms. The van der Waals surface area contributed by atoms with Crippen molar-refractivity contribution in [2.45, 2.75) is 38.7 Å². The molecule has 0 bridgehead atoms. The second-order valence-corrected chi connectivity index (χ2v) is 5.51. The van der Waals surface area contributed by atoms with E-state index in [1.165, 1.54) is 6.07 Å². The molecule has 1 aromatic rings. The van der Waals surface area contributed by atoms with Gasteiger partial charge in [-0.3, -0.25) is 4.90 Å². The Morgan fingerprint density at radius 3 is 2.71 bits per heavy atom. The summed E-state index contributed by atoms with van der Waals surface area (Å²) in [7, 11) is 0. The molecule has 2 unspecified atom stereocenters. The first-order chi connectivity index (χ1) is 9.89. The lowest BCUT2D eigenvalue weighted by Gasteiger charge is -2.36. The lowest BCUT2D eigenvalue weighted by atomic mass is 9.90. The number of alkyl halides is 3. The average molecular weight is 302 g/mol. The monoisotopic (exact) mass is 302 g/mol. The van der Waals surface area contributed by atoms with Gasteiger partial charge in [0.2, 0.25) is 0 Å². The molecule has 118 valence electrons. The zero-order valence-corrected chi connectivity index (χ0v) is 12.1. The minimum Gasteiger partial charge on any atom is -0.405 e. The number of para-hydroxylation sites is 1. The van der Waals surface area contributed by atoms with E-state index >= 15 is 0 Å². The number of halogens is 3. The van der Waals surface area contributed by atoms with Crippen molar-refractivity contribution in [2.75, 3.05) is 13.1 Å². The van der Waals surface area contributed by atoms with E-state index < -0.39 is 6.36 Å². The van der Waals surface area contributed by atoms with Crippen LogP contribution in [0.25, 0.3) is 0 Å². The Morgan fingerprint density at radius 2 is 2.05 bits per heavy atom. The van der Waals surface area contributed by atoms with E-state index in [-0.39, 0.29) is 11.8 Å². The first-order valence-corrected chi connectivity index (χ1v) is 7.20. The van der Waals surface area contributed by atoms with Crippen LogP contribution in [0.2, 0.25) is 0 Å². The van der Waals surface area contributed by atoms with Gasteiger partial charge in [0.1, 0.15) is 5.75 Å². The highest BCUT2D eigenvalue weighted by molar-refractivity contribution is 5.33. The van der Waals surface area contributed by atoms with Crippen molar-refractivity contribution in [3.63, 3.8) is 0 Å². The van der Waals surface area contributed by atoms with Crippen molar-refractivity contribution in [3.05, 3.63) is 29.8 Å². The molecule has 1 heterocycles. The normalized spacial score (nSPS) is 24.0. The van der Waals surface area contributed by atoms with Crippen LogP contribution in [0.1, 0.15) is 25.3 Å². The van der Waals surface area contributed by atoms with Crippen LogP contribution in [0.3, 0.4) is 0 Å². The van der Waals surface area contributed by atoms with Gasteiger partial charge in [-0.05, 0) is 24.9 Å². The van der Waals surface area contributed by atoms with Crippen LogP contribution in [0.15, 0.2) is 24.3 Å². The van der Waals surface area contributed by atoms with E-state index in [0.29, 0.717) is 18.0 Å². The maximum absolute atomic E-state index is 12.4. The van der Waals surface area contributed by atoms with E-state index in [0.717, 1.165) is 25.9 Å². The minimum atomic E-state index is -4.66. The predicted octanol–water partition coefficient (Wildman–Crippen LogP) is 3.14. The molecule has 0 radical (unpaired) electrons. The fourth-order valence-electron chi connectivity index (χ4n) is 2.80. The molecule has 0 aromatic heterocycles. The number of benzene rings is 1. The third-order valence-corrected chi connectivity index (χ3v) is 3.99. The van der Waals surface area contributed by atoms with E-state index in [1.54, 1.807) is 18.2 Å². The summed E-state index contributed by atoms with van der Waals surface area (Å²) in [5.41, 5.74) is 6.61. The average Bonchev–Trinajstić information content (AvgIpc) is 2.41. The number of nitrogens with two attached hydrogens (primary N) is 1. The number of nitrogens with zero attached hydrogens (tertiary/aromatic N) is 1. The molecule has 0 saturated carbocycles. The smallest absolute Gasteiger partial charge is 0.405 e. The predicted molar refractivity (Wildman–Crippen MR) is 74.8 cm³/mol. The fraction of sp³-hybridized carbons (Fsp3) is 0.600. The second kappa shape index (κ2) is 6.66. The third kappa shape index (κ3) is 4.61. The van der Waals surface area contributed by atoms with Crippen LogP contribution in [-0.4, -0.2) is 30.4 Å². The SMILES string of the molecule is CCC1CN(Cc2ccccc2OC(F)(F)F)CCC1N. The van der Waals surface area contributed by atoms with Gasteiger partial charge < -0.3 is 10.5 Å². The summed E-state index contributed by atoms with van der Waals surface area (Å²) in [4.78, 5) is 2.15. The van der Waals surface area contributed by atoms with E-state index in [4.69, 9.17) is 5.73 Å². The van der Waals surface area contributed by atoms with Crippen molar-refractivity contribution in [1.82, 2.24) is 4.90 Å². The maximum Gasteiger partial charge on any atom is 0.573 e. The zero-order valence-electron chi connectivity index (χ0n) is 12.1. The summed E-state index contributed by atoms with van der Waals surface area (Å²) >= 11 is 0. The van der Waals surface area contributed by atoms with Gasteiger partial charge in [0.15, 0.2) is 0 Å². The molecule has 2 rings (SSSR count). The Labute approximate surface area is 122 Å². The standard InChI is InChI=1S/C15H21F3N2O/c1-2-11-9-20(8-7-13(11)19)10-12-5-3-4-6-14(12)21-15(16,17)18/h3-6,11,13H,2,7-10,19H2,1H3. The van der Waals surface area contributed by atoms with Crippen LogP contribution in [0.5, 0.6) is 5.75 Å². The van der Waals surface area contributed by atoms with Crippen molar-refractivity contribution >= 4 is 0 Å². The van der Waals surface area contributed by atoms with Crippen LogP contribution >= 0.6 is 0 Å². The van der Waals surface area contributed by atoms with Gasteiger partial charge in [-0.15, -0.1) is 13.2 Å². The van der Waals surface area contributed by atoms with E-state index in [9.17, 15) is 13.2 Å². The van der Waals surface area contributed by atoms with Crippen molar-refractivity contribution in [2.24, 2.45) is 11.7 Å². The molecule has 1 saturated heterocycles. The summed E-state index contributed by atoms with van der Waals surface area (Å²) in [5, 5.41) is 0. The molecule has 21 heavy (non-hydrogen) atoms. The molecular weight excluding hydrogens is 281 g/mol. The largest absolute Gasteiger partial charge is 0.573 e. The second-order valence-electron chi connectivity index (χ2n) is 5.51. The molecule has 6 heteroatoms. The molecule has 1 aliphatic heterocycles. The Hall–Kier alpha value is -1.27. The lowest BCUT2D eigenvalue weighted by molar-refractivity contribution is -0.275. The molecule has 1 aromatic carbocycles. The highest BCUT2D eigenvalue weighted by Crippen LogP contribution is 2.28. The summed E-state index contributed by atoms with van der Waals surface area (Å²) in [5.74, 6) is 0.280. The Balaban J connectivity index is 2.06. The molecule has 3 nitrogen and oxygen atoms in total. The maximum atomic E-state index is 12.4. The van der Waals surface area contributed by atoms with Crippen molar-refractivity contribution < 1.29 is 17.9 Å². The van der Waals surface area contributed by atoms with E-state index in [1.807, 2.05) is 0 Å². The minimum absolute atomic E-state index is 0.118. The highest BCUT2D eigenvalue weighted by atomic mass is 19.4. The lowest BCUT2D eigenvalue weighted by Crippen LogP contribution is -2.46. The molecule has 0 amide bonds. The van der Waals surface area contributed by atoms with Gasteiger partial charge in [-0.2, -0.15) is 0 Å². The Bertz CT molecular complexity index is 464.